The van der Waals surface area contributed by atoms with E-state index >= 15 is 0 Å². The van der Waals surface area contributed by atoms with Crippen LogP contribution in [0.4, 0.5) is 23.2 Å². The monoisotopic (exact) mass is 599 g/mol. The Morgan fingerprint density at radius 2 is 1.65 bits per heavy atom. The van der Waals surface area contributed by atoms with Gasteiger partial charge in [-0.2, -0.15) is 13.2 Å². The zero-order valence-electron chi connectivity index (χ0n) is 25.1. The molecule has 0 aliphatic carbocycles. The van der Waals surface area contributed by atoms with Gasteiger partial charge in [-0.25, -0.2) is 29.3 Å². The summed E-state index contributed by atoms with van der Waals surface area (Å²) < 4.78 is 55.0. The first-order valence-corrected chi connectivity index (χ1v) is 13.4. The van der Waals surface area contributed by atoms with E-state index in [4.69, 9.17) is 5.11 Å². The Labute approximate surface area is 249 Å². The number of pyridine rings is 1. The first-order valence-electron chi connectivity index (χ1n) is 13.4. The number of aromatic nitrogens is 5. The molecule has 43 heavy (non-hydrogen) atoms. The minimum atomic E-state index is -4.66. The third-order valence-corrected chi connectivity index (χ3v) is 5.80. The lowest BCUT2D eigenvalue weighted by molar-refractivity contribution is -0.140. The summed E-state index contributed by atoms with van der Waals surface area (Å²) in [5, 5.41) is 10.7. The maximum Gasteiger partial charge on any atom is 0.435 e. The van der Waals surface area contributed by atoms with Gasteiger partial charge >= 0.3 is 6.18 Å². The van der Waals surface area contributed by atoms with Crippen LogP contribution in [0.2, 0.25) is 0 Å². The van der Waals surface area contributed by atoms with Gasteiger partial charge in [-0.1, -0.05) is 19.6 Å². The molecule has 3 aromatic heterocycles. The molecule has 0 aliphatic heterocycles. The summed E-state index contributed by atoms with van der Waals surface area (Å²) in [6.45, 7) is 10.6. The van der Waals surface area contributed by atoms with Crippen molar-refractivity contribution in [3.8, 4) is 11.4 Å². The maximum absolute atomic E-state index is 14.3. The van der Waals surface area contributed by atoms with Crippen molar-refractivity contribution in [2.24, 2.45) is 0 Å². The highest BCUT2D eigenvalue weighted by atomic mass is 19.4. The van der Waals surface area contributed by atoms with Crippen molar-refractivity contribution in [3.63, 3.8) is 0 Å². The molecule has 0 bridgehead atoms. The molecule has 8 nitrogen and oxygen atoms in total. The molecule has 3 heterocycles. The van der Waals surface area contributed by atoms with Crippen molar-refractivity contribution in [1.29, 1.82) is 0 Å². The van der Waals surface area contributed by atoms with Gasteiger partial charge in [0.2, 0.25) is 0 Å². The Morgan fingerprint density at radius 3 is 2.16 bits per heavy atom. The van der Waals surface area contributed by atoms with E-state index in [1.54, 1.807) is 50.8 Å². The van der Waals surface area contributed by atoms with Gasteiger partial charge in [-0.15, -0.1) is 0 Å². The number of hydrogen-bond acceptors (Lipinski definition) is 8. The molecule has 1 atom stereocenters. The summed E-state index contributed by atoms with van der Waals surface area (Å²) in [7, 11) is 3.63. The summed E-state index contributed by atoms with van der Waals surface area (Å²) in [4.78, 5) is 22.6. The highest BCUT2D eigenvalue weighted by molar-refractivity contribution is 5.66. The summed E-state index contributed by atoms with van der Waals surface area (Å²) in [6.07, 6.45) is 8.32. The molecule has 3 rings (SSSR count). The van der Waals surface area contributed by atoms with Crippen LogP contribution < -0.4 is 5.32 Å². The number of allylic oxidation sites excluding steroid dienone is 4. The van der Waals surface area contributed by atoms with Crippen LogP contribution in [-0.2, 0) is 6.18 Å². The number of aliphatic hydroxyl groups excluding tert-OH is 1. The molecule has 12 heteroatoms. The van der Waals surface area contributed by atoms with Gasteiger partial charge in [-0.05, 0) is 63.1 Å². The molecular formula is C31H37F4N7O. The van der Waals surface area contributed by atoms with E-state index in [0.29, 0.717) is 40.7 Å². The Bertz CT molecular complexity index is 1430. The zero-order chi connectivity index (χ0) is 32.2. The molecule has 0 saturated heterocycles. The Morgan fingerprint density at radius 1 is 1.05 bits per heavy atom. The fourth-order valence-electron chi connectivity index (χ4n) is 3.54. The minimum absolute atomic E-state index is 0.209. The van der Waals surface area contributed by atoms with Crippen molar-refractivity contribution in [2.75, 3.05) is 26.0 Å². The number of rotatable bonds is 10. The molecule has 0 radical (unpaired) electrons. The van der Waals surface area contributed by atoms with Gasteiger partial charge in [-0.3, -0.25) is 0 Å². The Kier molecular flexibility index (Phi) is 13.1. The smallest absolute Gasteiger partial charge is 0.396 e. The third-order valence-electron chi connectivity index (χ3n) is 5.80. The van der Waals surface area contributed by atoms with E-state index in [0.717, 1.165) is 12.5 Å². The van der Waals surface area contributed by atoms with Crippen molar-refractivity contribution in [3.05, 3.63) is 102 Å². The number of hydrogen-bond donors (Lipinski definition) is 2. The molecule has 0 amide bonds. The topological polar surface area (TPSA) is 100.0 Å². The second-order valence-corrected chi connectivity index (χ2v) is 9.60. The van der Waals surface area contributed by atoms with Gasteiger partial charge in [0.05, 0.1) is 11.3 Å². The second-order valence-electron chi connectivity index (χ2n) is 9.60. The fourth-order valence-corrected chi connectivity index (χ4v) is 3.54. The fraction of sp³-hybridized carbons (Fsp3) is 0.323. The van der Waals surface area contributed by atoms with Gasteiger partial charge < -0.3 is 15.3 Å². The summed E-state index contributed by atoms with van der Waals surface area (Å²) >= 11 is 0. The molecule has 3 aromatic rings. The quantitative estimate of drug-likeness (QED) is 0.196. The SMILES string of the molecule is C=C\C(F)=C/C(=C/C=C(/c1cnc(-c2cnc(C)nc2)nc1)N(C)C)[C@@H](C)Nc1ccc(C)nc1C(F)(F)F.CCCO. The minimum Gasteiger partial charge on any atom is -0.396 e. The highest BCUT2D eigenvalue weighted by Gasteiger charge is 2.36. The normalized spacial score (nSPS) is 13.1. The van der Waals surface area contributed by atoms with Crippen LogP contribution in [-0.4, -0.2) is 61.7 Å². The van der Waals surface area contributed by atoms with Crippen LogP contribution in [0.5, 0.6) is 0 Å². The Hall–Kier alpha value is -4.45. The van der Waals surface area contributed by atoms with Crippen LogP contribution in [0.1, 0.15) is 43.0 Å². The van der Waals surface area contributed by atoms with E-state index in [9.17, 15) is 17.6 Å². The maximum atomic E-state index is 14.3. The van der Waals surface area contributed by atoms with E-state index in [1.807, 2.05) is 25.9 Å². The summed E-state index contributed by atoms with van der Waals surface area (Å²) in [5.41, 5.74) is 1.38. The van der Waals surface area contributed by atoms with E-state index in [-0.39, 0.29) is 11.4 Å². The number of nitrogens with zero attached hydrogens (tertiary/aromatic N) is 6. The molecular weight excluding hydrogens is 562 g/mol. The zero-order valence-corrected chi connectivity index (χ0v) is 25.1. The molecule has 0 spiro atoms. The van der Waals surface area contributed by atoms with Crippen molar-refractivity contribution in [1.82, 2.24) is 29.8 Å². The van der Waals surface area contributed by atoms with Crippen LogP contribution in [0.3, 0.4) is 0 Å². The molecule has 2 N–H and O–H groups in total. The number of aliphatic hydroxyl groups is 1. The molecule has 0 fully saturated rings. The lowest BCUT2D eigenvalue weighted by Crippen LogP contribution is -2.21. The van der Waals surface area contributed by atoms with E-state index < -0.39 is 23.7 Å². The van der Waals surface area contributed by atoms with Crippen molar-refractivity contribution in [2.45, 2.75) is 46.3 Å². The van der Waals surface area contributed by atoms with Crippen LogP contribution in [0.15, 0.2) is 79.2 Å². The van der Waals surface area contributed by atoms with Gasteiger partial charge in [0.1, 0.15) is 11.7 Å². The number of aryl methyl sites for hydroxylation is 2. The van der Waals surface area contributed by atoms with Crippen molar-refractivity contribution < 1.29 is 22.7 Å². The largest absolute Gasteiger partial charge is 0.435 e. The standard InChI is InChI=1S/C28H29F4N7.C3H8O/c1-7-23(29)12-20(18(3)38-24-10-8-17(2)37-26(24)28(30,31)32)9-11-25(39(5)6)21-13-35-27(36-14-21)22-15-33-19(4)34-16-22;1-2-3-4/h7-16,18,38H,1H2,2-6H3;4H,2-3H2,1H3/b20-9-,23-12+,25-11-;/t18-;/m1./s1. The summed E-state index contributed by atoms with van der Waals surface area (Å²) in [6, 6.07) is 2.07. The van der Waals surface area contributed by atoms with Gasteiger partial charge in [0.25, 0.3) is 0 Å². The first kappa shape index (κ1) is 34.7. The van der Waals surface area contributed by atoms with Gasteiger partial charge in [0, 0.05) is 68.5 Å². The number of nitrogens with one attached hydrogen (secondary N) is 1. The lowest BCUT2D eigenvalue weighted by atomic mass is 10.0. The van der Waals surface area contributed by atoms with Crippen LogP contribution >= 0.6 is 0 Å². The average molecular weight is 600 g/mol. The Balaban J connectivity index is 0.00000151. The number of halogens is 4. The number of anilines is 1. The highest BCUT2D eigenvalue weighted by Crippen LogP contribution is 2.34. The van der Waals surface area contributed by atoms with Crippen LogP contribution in [0, 0.1) is 13.8 Å². The third kappa shape index (κ3) is 10.7. The first-order chi connectivity index (χ1) is 20.3. The van der Waals surface area contributed by atoms with E-state index in [1.165, 1.54) is 25.1 Å². The molecule has 230 valence electrons. The van der Waals surface area contributed by atoms with Crippen molar-refractivity contribution >= 4 is 11.4 Å². The predicted molar refractivity (Wildman–Crippen MR) is 161 cm³/mol. The average Bonchev–Trinajstić information content (AvgIpc) is 2.97. The van der Waals surface area contributed by atoms with Crippen LogP contribution in [0.25, 0.3) is 17.1 Å². The molecule has 0 aliphatic rings. The predicted octanol–water partition coefficient (Wildman–Crippen LogP) is 6.72. The molecule has 0 unspecified atom stereocenters. The lowest BCUT2D eigenvalue weighted by Gasteiger charge is -2.21. The molecule has 0 aromatic carbocycles. The molecule has 0 saturated carbocycles. The van der Waals surface area contributed by atoms with Gasteiger partial charge in [0.15, 0.2) is 11.5 Å². The number of alkyl halides is 3. The van der Waals surface area contributed by atoms with E-state index in [2.05, 4.69) is 36.8 Å². The summed E-state index contributed by atoms with van der Waals surface area (Å²) in [5.74, 6) is 0.449. The second kappa shape index (κ2) is 16.3.